The summed E-state index contributed by atoms with van der Waals surface area (Å²) in [5.74, 6) is 1.16. The first-order valence-electron chi connectivity index (χ1n) is 8.99. The van der Waals surface area contributed by atoms with Gasteiger partial charge in [0.2, 0.25) is 11.2 Å². The number of thioether (sulfide) groups is 1. The lowest BCUT2D eigenvalue weighted by atomic mass is 9.91. The van der Waals surface area contributed by atoms with Crippen molar-refractivity contribution < 1.29 is 4.58 Å². The van der Waals surface area contributed by atoms with E-state index in [-0.39, 0.29) is 0 Å². The Balaban J connectivity index is 2.06. The molecule has 3 rings (SSSR count). The summed E-state index contributed by atoms with van der Waals surface area (Å²) >= 11 is 2.08. The molecule has 2 atom stereocenters. The zero-order valence-corrected chi connectivity index (χ0v) is 15.3. The summed E-state index contributed by atoms with van der Waals surface area (Å²) in [6.45, 7) is 9.32. The predicted molar refractivity (Wildman–Crippen MR) is 98.9 cm³/mol. The molecule has 0 bridgehead atoms. The normalized spacial score (nSPS) is 25.3. The van der Waals surface area contributed by atoms with Crippen LogP contribution in [-0.2, 0) is 0 Å². The molecule has 1 nitrogen and oxygen atoms in total. The molecule has 0 aromatic heterocycles. The van der Waals surface area contributed by atoms with Crippen molar-refractivity contribution in [2.24, 2.45) is 0 Å². The molecule has 2 unspecified atom stereocenters. The lowest BCUT2D eigenvalue weighted by Gasteiger charge is -2.20. The van der Waals surface area contributed by atoms with Crippen LogP contribution in [-0.4, -0.2) is 21.4 Å². The first-order valence-corrected chi connectivity index (χ1v) is 9.93. The van der Waals surface area contributed by atoms with E-state index in [2.05, 4.69) is 67.8 Å². The summed E-state index contributed by atoms with van der Waals surface area (Å²) in [4.78, 5) is 0. The van der Waals surface area contributed by atoms with Gasteiger partial charge in [0, 0.05) is 17.5 Å². The molecule has 0 radical (unpaired) electrons. The highest BCUT2D eigenvalue weighted by molar-refractivity contribution is 8.12. The number of para-hydroxylation sites is 1. The number of benzene rings is 1. The van der Waals surface area contributed by atoms with Crippen LogP contribution >= 0.6 is 11.8 Å². The second-order valence-electron chi connectivity index (χ2n) is 7.49. The van der Waals surface area contributed by atoms with E-state index in [0.29, 0.717) is 17.9 Å². The number of hydrogen-bond acceptors (Lipinski definition) is 1. The Morgan fingerprint density at radius 2 is 1.59 bits per heavy atom. The highest BCUT2D eigenvalue weighted by Crippen LogP contribution is 2.42. The fourth-order valence-corrected chi connectivity index (χ4v) is 5.28. The summed E-state index contributed by atoms with van der Waals surface area (Å²) in [7, 11) is 0. The summed E-state index contributed by atoms with van der Waals surface area (Å²) in [5, 5.41) is 0.808. The maximum Gasteiger partial charge on any atom is 0.212 e. The molecule has 1 aromatic rings. The molecule has 120 valence electrons. The van der Waals surface area contributed by atoms with Gasteiger partial charge in [-0.25, -0.2) is 0 Å². The zero-order valence-electron chi connectivity index (χ0n) is 14.5. The van der Waals surface area contributed by atoms with E-state index < -0.39 is 0 Å². The van der Waals surface area contributed by atoms with Gasteiger partial charge < -0.3 is 0 Å². The number of rotatable bonds is 3. The third-order valence-electron chi connectivity index (χ3n) is 5.22. The molecule has 1 fully saturated rings. The highest BCUT2D eigenvalue weighted by atomic mass is 32.2. The monoisotopic (exact) mass is 316 g/mol. The molecule has 1 saturated carbocycles. The SMILES string of the molecule is CC(C)c1cccc(C(C)C)c1[N+]1=CSC2CCCCCC21. The molecular weight excluding hydrogens is 286 g/mol. The van der Waals surface area contributed by atoms with E-state index in [1.807, 2.05) is 0 Å². The first kappa shape index (κ1) is 16.1. The lowest BCUT2D eigenvalue weighted by Crippen LogP contribution is -2.28. The number of nitrogens with zero attached hydrogens (tertiary/aromatic N) is 1. The van der Waals surface area contributed by atoms with E-state index in [1.54, 1.807) is 0 Å². The lowest BCUT2D eigenvalue weighted by molar-refractivity contribution is -0.476. The van der Waals surface area contributed by atoms with Crippen LogP contribution in [0.2, 0.25) is 0 Å². The molecule has 1 heterocycles. The van der Waals surface area contributed by atoms with Gasteiger partial charge in [-0.1, -0.05) is 70.5 Å². The number of hydrogen-bond donors (Lipinski definition) is 0. The predicted octanol–water partition coefficient (Wildman–Crippen LogP) is 6.05. The van der Waals surface area contributed by atoms with Crippen LogP contribution in [0.4, 0.5) is 5.69 Å². The van der Waals surface area contributed by atoms with Gasteiger partial charge in [0.1, 0.15) is 0 Å². The van der Waals surface area contributed by atoms with Crippen molar-refractivity contribution in [3.05, 3.63) is 29.3 Å². The fourth-order valence-electron chi connectivity index (χ4n) is 3.98. The molecule has 0 spiro atoms. The molecule has 22 heavy (non-hydrogen) atoms. The molecular formula is C20H30NS+. The van der Waals surface area contributed by atoms with Crippen molar-refractivity contribution in [3.63, 3.8) is 0 Å². The minimum atomic E-state index is 0.580. The average molecular weight is 317 g/mol. The second-order valence-corrected chi connectivity index (χ2v) is 8.58. The van der Waals surface area contributed by atoms with Crippen LogP contribution in [0.25, 0.3) is 0 Å². The van der Waals surface area contributed by atoms with Crippen LogP contribution in [0.5, 0.6) is 0 Å². The summed E-state index contributed by atoms with van der Waals surface area (Å²) in [6, 6.07) is 7.65. The molecule has 1 aliphatic heterocycles. The van der Waals surface area contributed by atoms with Crippen LogP contribution in [0.15, 0.2) is 18.2 Å². The molecule has 0 amide bonds. The van der Waals surface area contributed by atoms with Crippen LogP contribution in [0.3, 0.4) is 0 Å². The smallest absolute Gasteiger partial charge is 0.189 e. The van der Waals surface area contributed by atoms with Gasteiger partial charge in [0.05, 0.1) is 5.25 Å². The van der Waals surface area contributed by atoms with Crippen molar-refractivity contribution in [3.8, 4) is 0 Å². The van der Waals surface area contributed by atoms with Gasteiger partial charge in [0.15, 0.2) is 6.04 Å². The van der Waals surface area contributed by atoms with Gasteiger partial charge in [-0.05, 0) is 24.7 Å². The molecule has 0 N–H and O–H groups in total. The van der Waals surface area contributed by atoms with E-state index in [1.165, 1.54) is 48.9 Å². The quantitative estimate of drug-likeness (QED) is 0.613. The summed E-state index contributed by atoms with van der Waals surface area (Å²) in [6.07, 6.45) is 6.98. The van der Waals surface area contributed by atoms with E-state index in [9.17, 15) is 0 Å². The number of fused-ring (bicyclic) bond motifs is 1. The van der Waals surface area contributed by atoms with E-state index >= 15 is 0 Å². The van der Waals surface area contributed by atoms with Crippen molar-refractivity contribution in [2.45, 2.75) is 82.9 Å². The average Bonchev–Trinajstić information content (AvgIpc) is 2.74. The molecule has 2 heteroatoms. The van der Waals surface area contributed by atoms with Crippen LogP contribution in [0, 0.1) is 0 Å². The van der Waals surface area contributed by atoms with Crippen molar-refractivity contribution in [2.75, 3.05) is 0 Å². The van der Waals surface area contributed by atoms with E-state index in [4.69, 9.17) is 0 Å². The Morgan fingerprint density at radius 3 is 2.23 bits per heavy atom. The summed E-state index contributed by atoms with van der Waals surface area (Å²) < 4.78 is 2.66. The first-order chi connectivity index (χ1) is 10.6. The second kappa shape index (κ2) is 6.78. The maximum absolute atomic E-state index is 2.66. The topological polar surface area (TPSA) is 3.01 Å². The third kappa shape index (κ3) is 2.99. The fraction of sp³-hybridized carbons (Fsp3) is 0.650. The maximum atomic E-state index is 2.66. The van der Waals surface area contributed by atoms with Gasteiger partial charge >= 0.3 is 0 Å². The standard InChI is InChI=1S/C20H30NS/c1-14(2)16-9-8-10-17(15(3)4)20(16)21-13-22-19-12-7-5-6-11-18(19)21/h8-10,13-15,18-19H,5-7,11-12H2,1-4H3/q+1. The Hall–Kier alpha value is -0.760. The zero-order chi connectivity index (χ0) is 15.7. The van der Waals surface area contributed by atoms with Crippen LogP contribution in [0.1, 0.15) is 82.8 Å². The molecule has 1 aromatic carbocycles. The third-order valence-corrected chi connectivity index (χ3v) is 6.47. The minimum absolute atomic E-state index is 0.580. The molecule has 1 aliphatic carbocycles. The largest absolute Gasteiger partial charge is 0.212 e. The van der Waals surface area contributed by atoms with Crippen molar-refractivity contribution in [1.82, 2.24) is 0 Å². The minimum Gasteiger partial charge on any atom is -0.189 e. The van der Waals surface area contributed by atoms with Gasteiger partial charge in [-0.2, -0.15) is 4.58 Å². The Kier molecular flexibility index (Phi) is 4.97. The summed E-state index contributed by atoms with van der Waals surface area (Å²) in [5.41, 5.74) is 7.00. The highest BCUT2D eigenvalue weighted by Gasteiger charge is 2.41. The van der Waals surface area contributed by atoms with Gasteiger partial charge in [-0.3, -0.25) is 0 Å². The van der Waals surface area contributed by atoms with E-state index in [0.717, 1.165) is 5.25 Å². The molecule has 2 aliphatic rings. The Labute approximate surface area is 140 Å². The van der Waals surface area contributed by atoms with Crippen molar-refractivity contribution >= 4 is 23.0 Å². The van der Waals surface area contributed by atoms with Crippen molar-refractivity contribution in [1.29, 1.82) is 0 Å². The molecule has 0 saturated heterocycles. The Bertz CT molecular complexity index is 533. The van der Waals surface area contributed by atoms with Gasteiger partial charge in [0.25, 0.3) is 0 Å². The Morgan fingerprint density at radius 1 is 0.955 bits per heavy atom. The van der Waals surface area contributed by atoms with Crippen LogP contribution < -0.4 is 0 Å². The van der Waals surface area contributed by atoms with Gasteiger partial charge in [-0.15, -0.1) is 0 Å².